The first-order valence-electron chi connectivity index (χ1n) is 3.52. The molecule has 0 saturated heterocycles. The molecule has 1 radical (unpaired) electrons. The highest BCUT2D eigenvalue weighted by molar-refractivity contribution is 5.30. The molecule has 0 aromatic rings. The van der Waals surface area contributed by atoms with Crippen molar-refractivity contribution in [1.82, 2.24) is 5.32 Å². The van der Waals surface area contributed by atoms with Crippen LogP contribution in [0.15, 0.2) is 23.4 Å². The largest absolute Gasteiger partial charge is 0.385 e. The minimum Gasteiger partial charge on any atom is -0.385 e. The van der Waals surface area contributed by atoms with E-state index in [0.717, 1.165) is 23.4 Å². The lowest BCUT2D eigenvalue weighted by Gasteiger charge is -2.10. The number of likely N-dealkylation sites (N-methyl/N-ethyl adjacent to an activating group) is 1. The molecule has 1 N–H and O–H groups in total. The van der Waals surface area contributed by atoms with Crippen molar-refractivity contribution in [1.29, 1.82) is 0 Å². The molecule has 0 spiro atoms. The molecule has 0 aromatic carbocycles. The van der Waals surface area contributed by atoms with Crippen LogP contribution in [-0.2, 0) is 0 Å². The van der Waals surface area contributed by atoms with Crippen molar-refractivity contribution in [2.24, 2.45) is 0 Å². The van der Waals surface area contributed by atoms with Gasteiger partial charge >= 0.3 is 0 Å². The standard InChI is InChI=1S/C9H16N/c1-6-10-9(7(2)3)8(4)5/h10H,2,4,6H2,1,3,5H3/b9-7-. The van der Waals surface area contributed by atoms with Gasteiger partial charge in [-0.25, -0.2) is 0 Å². The van der Waals surface area contributed by atoms with Gasteiger partial charge in [-0.15, -0.1) is 0 Å². The number of hydrogen-bond acceptors (Lipinski definition) is 1. The zero-order valence-electron chi connectivity index (χ0n) is 7.12. The van der Waals surface area contributed by atoms with Crippen molar-refractivity contribution in [3.8, 4) is 0 Å². The maximum atomic E-state index is 3.83. The monoisotopic (exact) mass is 138 g/mol. The van der Waals surface area contributed by atoms with Gasteiger partial charge in [0.05, 0.1) is 0 Å². The third-order valence-electron chi connectivity index (χ3n) is 1.21. The molecule has 0 aliphatic rings. The first-order chi connectivity index (χ1) is 4.59. The van der Waals surface area contributed by atoms with E-state index in [1.165, 1.54) is 0 Å². The second-order valence-electron chi connectivity index (χ2n) is 2.47. The third-order valence-corrected chi connectivity index (χ3v) is 1.21. The highest BCUT2D eigenvalue weighted by Gasteiger charge is 1.96. The van der Waals surface area contributed by atoms with E-state index in [2.05, 4.69) is 25.7 Å². The van der Waals surface area contributed by atoms with Gasteiger partial charge in [0.2, 0.25) is 0 Å². The van der Waals surface area contributed by atoms with Crippen LogP contribution in [0.1, 0.15) is 20.8 Å². The second kappa shape index (κ2) is 4.15. The maximum Gasteiger partial charge on any atom is 0.0353 e. The number of rotatable bonds is 3. The lowest BCUT2D eigenvalue weighted by molar-refractivity contribution is 0.853. The Morgan fingerprint density at radius 1 is 1.40 bits per heavy atom. The van der Waals surface area contributed by atoms with Crippen LogP contribution in [0.5, 0.6) is 0 Å². The lowest BCUT2D eigenvalue weighted by atomic mass is 10.1. The summed E-state index contributed by atoms with van der Waals surface area (Å²) in [4.78, 5) is 0. The first-order valence-corrected chi connectivity index (χ1v) is 3.52. The van der Waals surface area contributed by atoms with Crippen molar-refractivity contribution in [2.75, 3.05) is 6.54 Å². The molecule has 0 heterocycles. The van der Waals surface area contributed by atoms with Gasteiger partial charge in [0.1, 0.15) is 0 Å². The van der Waals surface area contributed by atoms with Crippen molar-refractivity contribution >= 4 is 0 Å². The Kier molecular flexibility index (Phi) is 3.85. The molecule has 0 aliphatic carbocycles. The third kappa shape index (κ3) is 2.72. The smallest absolute Gasteiger partial charge is 0.0353 e. The molecule has 0 aliphatic heterocycles. The average Bonchev–Trinajstić information content (AvgIpc) is 1.81. The molecule has 1 heteroatoms. The van der Waals surface area contributed by atoms with E-state index < -0.39 is 0 Å². The zero-order chi connectivity index (χ0) is 8.15. The van der Waals surface area contributed by atoms with Crippen molar-refractivity contribution < 1.29 is 0 Å². The normalized spacial score (nSPS) is 12.4. The summed E-state index contributed by atoms with van der Waals surface area (Å²) in [5, 5.41) is 3.20. The van der Waals surface area contributed by atoms with Crippen LogP contribution in [0, 0.1) is 6.92 Å². The van der Waals surface area contributed by atoms with Gasteiger partial charge in [-0.05, 0) is 38.8 Å². The summed E-state index contributed by atoms with van der Waals surface area (Å²) in [6.07, 6.45) is 0. The number of allylic oxidation sites excluding steroid dienone is 2. The molecule has 0 amide bonds. The van der Waals surface area contributed by atoms with Gasteiger partial charge in [0.25, 0.3) is 0 Å². The Bertz CT molecular complexity index is 150. The highest BCUT2D eigenvalue weighted by Crippen LogP contribution is 2.07. The Morgan fingerprint density at radius 2 is 1.90 bits per heavy atom. The summed E-state index contributed by atoms with van der Waals surface area (Å²) in [6.45, 7) is 14.6. The van der Waals surface area contributed by atoms with Crippen LogP contribution in [-0.4, -0.2) is 6.54 Å². The highest BCUT2D eigenvalue weighted by atomic mass is 14.9. The Hall–Kier alpha value is -0.720. The molecule has 0 rings (SSSR count). The van der Waals surface area contributed by atoms with Gasteiger partial charge < -0.3 is 5.32 Å². The molecular weight excluding hydrogens is 122 g/mol. The fourth-order valence-corrected chi connectivity index (χ4v) is 0.843. The zero-order valence-corrected chi connectivity index (χ0v) is 7.12. The molecule has 0 fully saturated rings. The minimum atomic E-state index is 0.926. The van der Waals surface area contributed by atoms with E-state index in [0.29, 0.717) is 0 Å². The molecule has 0 atom stereocenters. The van der Waals surface area contributed by atoms with Crippen LogP contribution in [0.3, 0.4) is 0 Å². The fourth-order valence-electron chi connectivity index (χ4n) is 0.843. The van der Waals surface area contributed by atoms with Gasteiger partial charge in [-0.1, -0.05) is 6.58 Å². The summed E-state index contributed by atoms with van der Waals surface area (Å²) < 4.78 is 0. The molecule has 0 saturated carbocycles. The van der Waals surface area contributed by atoms with E-state index in [4.69, 9.17) is 0 Å². The molecule has 0 bridgehead atoms. The van der Waals surface area contributed by atoms with Crippen LogP contribution in [0.4, 0.5) is 0 Å². The second-order valence-corrected chi connectivity index (χ2v) is 2.47. The van der Waals surface area contributed by atoms with Crippen molar-refractivity contribution in [3.63, 3.8) is 0 Å². The Balaban J connectivity index is 4.28. The van der Waals surface area contributed by atoms with Crippen LogP contribution in [0.2, 0.25) is 0 Å². The van der Waals surface area contributed by atoms with E-state index >= 15 is 0 Å². The summed E-state index contributed by atoms with van der Waals surface area (Å²) in [7, 11) is 0. The van der Waals surface area contributed by atoms with Crippen molar-refractivity contribution in [2.45, 2.75) is 20.8 Å². The SMILES string of the molecule is [CH2]/C(C)=C(/NCC)C(=C)C. The van der Waals surface area contributed by atoms with E-state index in [-0.39, 0.29) is 0 Å². The predicted octanol–water partition coefficient (Wildman–Crippen LogP) is 2.28. The van der Waals surface area contributed by atoms with E-state index in [1.807, 2.05) is 13.8 Å². The molecule has 57 valence electrons. The minimum absolute atomic E-state index is 0.926. The maximum absolute atomic E-state index is 3.83. The first kappa shape index (κ1) is 9.28. The summed E-state index contributed by atoms with van der Waals surface area (Å²) in [5.41, 5.74) is 3.19. The quantitative estimate of drug-likeness (QED) is 0.590. The van der Waals surface area contributed by atoms with Gasteiger partial charge in [0, 0.05) is 12.2 Å². The summed E-state index contributed by atoms with van der Waals surface area (Å²) in [6, 6.07) is 0. The number of nitrogens with one attached hydrogen (secondary N) is 1. The lowest BCUT2D eigenvalue weighted by Crippen LogP contribution is -2.13. The Labute approximate surface area is 63.8 Å². The van der Waals surface area contributed by atoms with Gasteiger partial charge in [-0.3, -0.25) is 0 Å². The van der Waals surface area contributed by atoms with Crippen LogP contribution >= 0.6 is 0 Å². The summed E-state index contributed by atoms with van der Waals surface area (Å²) >= 11 is 0. The number of hydrogen-bond donors (Lipinski definition) is 1. The van der Waals surface area contributed by atoms with E-state index in [9.17, 15) is 0 Å². The molecule has 1 nitrogen and oxygen atoms in total. The topological polar surface area (TPSA) is 12.0 Å². The van der Waals surface area contributed by atoms with Gasteiger partial charge in [-0.2, -0.15) is 0 Å². The van der Waals surface area contributed by atoms with Gasteiger partial charge in [0.15, 0.2) is 0 Å². The van der Waals surface area contributed by atoms with E-state index in [1.54, 1.807) is 0 Å². The molecule has 0 aromatic heterocycles. The Morgan fingerprint density at radius 3 is 2.00 bits per heavy atom. The molecule has 0 unspecified atom stereocenters. The van der Waals surface area contributed by atoms with Crippen LogP contribution < -0.4 is 5.32 Å². The van der Waals surface area contributed by atoms with Crippen LogP contribution in [0.25, 0.3) is 0 Å². The van der Waals surface area contributed by atoms with Crippen molar-refractivity contribution in [3.05, 3.63) is 30.3 Å². The molecular formula is C9H16N. The molecule has 10 heavy (non-hydrogen) atoms. The average molecular weight is 138 g/mol. The fraction of sp³-hybridized carbons (Fsp3) is 0.444. The predicted molar refractivity (Wildman–Crippen MR) is 46.5 cm³/mol. The summed E-state index contributed by atoms with van der Waals surface area (Å²) in [5.74, 6) is 0.